The standard InChI is InChI=1S/C25H23N3O3/c1-17(2)28(20-14-12-19(13-15-20)26-18-8-4-3-5-9-18)23(29)16-27-24(30)21-10-6-7-11-22(21)25(27)31/h3-15,17,26H,16H2,1-2H3. The van der Waals surface area contributed by atoms with Gasteiger partial charge in [0.1, 0.15) is 6.54 Å². The molecule has 1 aliphatic heterocycles. The summed E-state index contributed by atoms with van der Waals surface area (Å²) < 4.78 is 0. The number of nitrogens with zero attached hydrogens (tertiary/aromatic N) is 2. The lowest BCUT2D eigenvalue weighted by atomic mass is 10.1. The summed E-state index contributed by atoms with van der Waals surface area (Å²) in [5.41, 5.74) is 3.25. The number of imide groups is 1. The van der Waals surface area contributed by atoms with Crippen molar-refractivity contribution in [2.45, 2.75) is 19.9 Å². The van der Waals surface area contributed by atoms with Gasteiger partial charge in [-0.25, -0.2) is 0 Å². The van der Waals surface area contributed by atoms with E-state index in [1.807, 2.05) is 68.4 Å². The highest BCUT2D eigenvalue weighted by Gasteiger charge is 2.37. The average Bonchev–Trinajstić information content (AvgIpc) is 3.01. The van der Waals surface area contributed by atoms with Crippen molar-refractivity contribution in [3.05, 3.63) is 90.0 Å². The molecule has 31 heavy (non-hydrogen) atoms. The van der Waals surface area contributed by atoms with Crippen molar-refractivity contribution >= 4 is 34.8 Å². The zero-order valence-corrected chi connectivity index (χ0v) is 17.4. The molecule has 1 aliphatic rings. The van der Waals surface area contributed by atoms with E-state index in [1.165, 1.54) is 0 Å². The lowest BCUT2D eigenvalue weighted by Gasteiger charge is -2.28. The molecule has 0 spiro atoms. The Morgan fingerprint density at radius 1 is 0.806 bits per heavy atom. The highest BCUT2D eigenvalue weighted by atomic mass is 16.2. The number of fused-ring (bicyclic) bond motifs is 1. The number of amides is 3. The van der Waals surface area contributed by atoms with Gasteiger partial charge in [0.15, 0.2) is 0 Å². The molecule has 0 bridgehead atoms. The lowest BCUT2D eigenvalue weighted by Crippen LogP contribution is -2.45. The zero-order chi connectivity index (χ0) is 22.0. The number of para-hydroxylation sites is 1. The molecule has 0 saturated carbocycles. The van der Waals surface area contributed by atoms with E-state index in [0.717, 1.165) is 16.3 Å². The molecule has 6 heteroatoms. The molecule has 6 nitrogen and oxygen atoms in total. The third-order valence-electron chi connectivity index (χ3n) is 5.16. The Morgan fingerprint density at radius 2 is 1.32 bits per heavy atom. The van der Waals surface area contributed by atoms with E-state index >= 15 is 0 Å². The predicted molar refractivity (Wildman–Crippen MR) is 121 cm³/mol. The van der Waals surface area contributed by atoms with Gasteiger partial charge in [-0.15, -0.1) is 0 Å². The Balaban J connectivity index is 1.51. The molecule has 1 heterocycles. The summed E-state index contributed by atoms with van der Waals surface area (Å²) in [7, 11) is 0. The van der Waals surface area contributed by atoms with Gasteiger partial charge in [0, 0.05) is 23.1 Å². The third kappa shape index (κ3) is 4.05. The van der Waals surface area contributed by atoms with Crippen molar-refractivity contribution in [3.63, 3.8) is 0 Å². The van der Waals surface area contributed by atoms with E-state index in [1.54, 1.807) is 29.2 Å². The van der Waals surface area contributed by atoms with Gasteiger partial charge in [-0.2, -0.15) is 0 Å². The number of anilines is 3. The molecule has 0 aliphatic carbocycles. The third-order valence-corrected chi connectivity index (χ3v) is 5.16. The van der Waals surface area contributed by atoms with Crippen LogP contribution in [0.4, 0.5) is 17.1 Å². The number of hydrogen-bond acceptors (Lipinski definition) is 4. The highest BCUT2D eigenvalue weighted by Crippen LogP contribution is 2.25. The molecule has 3 aromatic rings. The van der Waals surface area contributed by atoms with Crippen molar-refractivity contribution in [1.82, 2.24) is 4.90 Å². The summed E-state index contributed by atoms with van der Waals surface area (Å²) in [5, 5.41) is 3.31. The molecular weight excluding hydrogens is 390 g/mol. The lowest BCUT2D eigenvalue weighted by molar-refractivity contribution is -0.119. The predicted octanol–water partition coefficient (Wildman–Crippen LogP) is 4.47. The summed E-state index contributed by atoms with van der Waals surface area (Å²) in [6.45, 7) is 3.50. The van der Waals surface area contributed by atoms with Gasteiger partial charge in [0.2, 0.25) is 5.91 Å². The van der Waals surface area contributed by atoms with E-state index < -0.39 is 11.8 Å². The largest absolute Gasteiger partial charge is 0.356 e. The van der Waals surface area contributed by atoms with E-state index in [0.29, 0.717) is 16.8 Å². The number of rotatable bonds is 6. The Labute approximate surface area is 181 Å². The normalized spacial score (nSPS) is 12.8. The van der Waals surface area contributed by atoms with E-state index in [9.17, 15) is 14.4 Å². The molecule has 0 aromatic heterocycles. The van der Waals surface area contributed by atoms with Gasteiger partial charge in [-0.05, 0) is 62.4 Å². The van der Waals surface area contributed by atoms with E-state index in [2.05, 4.69) is 5.32 Å². The molecule has 3 aromatic carbocycles. The fraction of sp³-hybridized carbons (Fsp3) is 0.160. The van der Waals surface area contributed by atoms with Crippen LogP contribution < -0.4 is 10.2 Å². The maximum absolute atomic E-state index is 13.1. The highest BCUT2D eigenvalue weighted by molar-refractivity contribution is 6.22. The number of hydrogen-bond donors (Lipinski definition) is 1. The number of benzene rings is 3. The monoisotopic (exact) mass is 413 g/mol. The minimum Gasteiger partial charge on any atom is -0.356 e. The molecule has 0 unspecified atom stereocenters. The molecule has 0 saturated heterocycles. The first-order valence-corrected chi connectivity index (χ1v) is 10.1. The van der Waals surface area contributed by atoms with Gasteiger partial charge in [-0.1, -0.05) is 30.3 Å². The van der Waals surface area contributed by atoms with E-state index in [4.69, 9.17) is 0 Å². The van der Waals surface area contributed by atoms with Crippen LogP contribution in [0.15, 0.2) is 78.9 Å². The maximum Gasteiger partial charge on any atom is 0.262 e. The van der Waals surface area contributed by atoms with Gasteiger partial charge in [0.05, 0.1) is 11.1 Å². The SMILES string of the molecule is CC(C)N(C(=O)CN1C(=O)c2ccccc2C1=O)c1ccc(Nc2ccccc2)cc1. The minimum absolute atomic E-state index is 0.143. The molecule has 0 atom stereocenters. The van der Waals surface area contributed by atoms with Crippen molar-refractivity contribution in [2.75, 3.05) is 16.8 Å². The zero-order valence-electron chi connectivity index (χ0n) is 17.4. The van der Waals surface area contributed by atoms with Crippen LogP contribution in [0.1, 0.15) is 34.6 Å². The summed E-state index contributed by atoms with van der Waals surface area (Å²) in [4.78, 5) is 41.0. The molecule has 0 fully saturated rings. The fourth-order valence-corrected chi connectivity index (χ4v) is 3.72. The van der Waals surface area contributed by atoms with Crippen molar-refractivity contribution < 1.29 is 14.4 Å². The smallest absolute Gasteiger partial charge is 0.262 e. The average molecular weight is 413 g/mol. The number of carbonyl (C=O) groups is 3. The Bertz CT molecular complexity index is 1090. The van der Waals surface area contributed by atoms with E-state index in [-0.39, 0.29) is 18.5 Å². The van der Waals surface area contributed by atoms with Crippen molar-refractivity contribution in [3.8, 4) is 0 Å². The van der Waals surface area contributed by atoms with Gasteiger partial charge < -0.3 is 10.2 Å². The second kappa shape index (κ2) is 8.44. The van der Waals surface area contributed by atoms with Gasteiger partial charge >= 0.3 is 0 Å². The van der Waals surface area contributed by atoms with Crippen LogP contribution in [-0.2, 0) is 4.79 Å². The summed E-state index contributed by atoms with van der Waals surface area (Å²) >= 11 is 0. The molecule has 3 amide bonds. The summed E-state index contributed by atoms with van der Waals surface area (Å²) in [6, 6.07) is 23.8. The summed E-state index contributed by atoms with van der Waals surface area (Å²) in [5.74, 6) is -1.17. The minimum atomic E-state index is -0.430. The van der Waals surface area contributed by atoms with Gasteiger partial charge in [0.25, 0.3) is 11.8 Å². The van der Waals surface area contributed by atoms with Crippen LogP contribution in [0.5, 0.6) is 0 Å². The fourth-order valence-electron chi connectivity index (χ4n) is 3.72. The first-order chi connectivity index (χ1) is 15.0. The Kier molecular flexibility index (Phi) is 5.54. The maximum atomic E-state index is 13.1. The van der Waals surface area contributed by atoms with Crippen LogP contribution in [0, 0.1) is 0 Å². The van der Waals surface area contributed by atoms with Crippen molar-refractivity contribution in [1.29, 1.82) is 0 Å². The first-order valence-electron chi connectivity index (χ1n) is 10.1. The molecule has 4 rings (SSSR count). The Hall–Kier alpha value is -3.93. The van der Waals surface area contributed by atoms with Gasteiger partial charge in [-0.3, -0.25) is 19.3 Å². The molecule has 1 N–H and O–H groups in total. The molecule has 156 valence electrons. The van der Waals surface area contributed by atoms with Crippen LogP contribution in [-0.4, -0.2) is 35.2 Å². The molecular formula is C25H23N3O3. The molecule has 0 radical (unpaired) electrons. The number of carbonyl (C=O) groups excluding carboxylic acids is 3. The number of nitrogens with one attached hydrogen (secondary N) is 1. The van der Waals surface area contributed by atoms with Crippen LogP contribution in [0.3, 0.4) is 0 Å². The van der Waals surface area contributed by atoms with Crippen LogP contribution in [0.2, 0.25) is 0 Å². The Morgan fingerprint density at radius 3 is 1.87 bits per heavy atom. The van der Waals surface area contributed by atoms with Crippen molar-refractivity contribution in [2.24, 2.45) is 0 Å². The second-order valence-corrected chi connectivity index (χ2v) is 7.64. The summed E-state index contributed by atoms with van der Waals surface area (Å²) in [6.07, 6.45) is 0. The second-order valence-electron chi connectivity index (χ2n) is 7.64. The first kappa shape index (κ1) is 20.3. The quantitative estimate of drug-likeness (QED) is 0.606. The topological polar surface area (TPSA) is 69.7 Å². The van der Waals surface area contributed by atoms with Crippen LogP contribution >= 0.6 is 0 Å². The van der Waals surface area contributed by atoms with Crippen LogP contribution in [0.25, 0.3) is 0 Å².